The van der Waals surface area contributed by atoms with Crippen LogP contribution in [0.4, 0.5) is 0 Å². The summed E-state index contributed by atoms with van der Waals surface area (Å²) in [7, 11) is 0. The van der Waals surface area contributed by atoms with Gasteiger partial charge < -0.3 is 14.6 Å². The molecule has 4 rings (SSSR count). The maximum absolute atomic E-state index is 12.4. The van der Waals surface area contributed by atoms with E-state index >= 15 is 0 Å². The van der Waals surface area contributed by atoms with Gasteiger partial charge in [0.05, 0.1) is 18.7 Å². The third-order valence-corrected chi connectivity index (χ3v) is 5.56. The molecular formula is C17H26N4O2. The average Bonchev–Trinajstić information content (AvgIpc) is 3.21. The molecule has 0 radical (unpaired) electrons. The van der Waals surface area contributed by atoms with Crippen molar-refractivity contribution in [1.82, 2.24) is 19.8 Å². The van der Waals surface area contributed by atoms with Crippen LogP contribution in [0.25, 0.3) is 0 Å². The fourth-order valence-corrected chi connectivity index (χ4v) is 4.35. The lowest BCUT2D eigenvalue weighted by Gasteiger charge is -2.39. The predicted octanol–water partition coefficient (Wildman–Crippen LogP) is 1.40. The minimum absolute atomic E-state index is 0.159. The van der Waals surface area contributed by atoms with Gasteiger partial charge in [-0.05, 0) is 18.8 Å². The van der Waals surface area contributed by atoms with Crippen molar-refractivity contribution >= 4 is 5.91 Å². The van der Waals surface area contributed by atoms with Crippen molar-refractivity contribution in [2.45, 2.75) is 50.8 Å². The Kier molecular flexibility index (Phi) is 4.35. The van der Waals surface area contributed by atoms with Crippen molar-refractivity contribution in [3.8, 4) is 0 Å². The summed E-state index contributed by atoms with van der Waals surface area (Å²) >= 11 is 0. The molecule has 1 aliphatic carbocycles. The first-order chi connectivity index (χ1) is 11.3. The minimum atomic E-state index is 0.159. The number of hydrogen-bond donors (Lipinski definition) is 1. The molecule has 2 saturated heterocycles. The Labute approximate surface area is 137 Å². The van der Waals surface area contributed by atoms with E-state index in [1.54, 1.807) is 6.20 Å². The van der Waals surface area contributed by atoms with Crippen LogP contribution in [0, 0.1) is 5.92 Å². The molecule has 6 nitrogen and oxygen atoms in total. The van der Waals surface area contributed by atoms with Crippen LogP contribution in [0.15, 0.2) is 12.4 Å². The highest BCUT2D eigenvalue weighted by molar-refractivity contribution is 5.78. The van der Waals surface area contributed by atoms with Crippen LogP contribution in [-0.4, -0.2) is 64.1 Å². The molecule has 2 aliphatic heterocycles. The molecule has 3 aliphatic rings. The maximum atomic E-state index is 12.4. The van der Waals surface area contributed by atoms with Crippen LogP contribution < -0.4 is 0 Å². The Morgan fingerprint density at radius 2 is 2.13 bits per heavy atom. The monoisotopic (exact) mass is 318 g/mol. The number of H-pyrrole nitrogens is 1. The quantitative estimate of drug-likeness (QED) is 0.911. The number of nitrogens with zero attached hydrogens (tertiary/aromatic N) is 3. The highest BCUT2D eigenvalue weighted by atomic mass is 16.5. The molecule has 1 amide bonds. The third-order valence-electron chi connectivity index (χ3n) is 5.56. The molecule has 1 saturated carbocycles. The van der Waals surface area contributed by atoms with Crippen LogP contribution in [0.3, 0.4) is 0 Å². The summed E-state index contributed by atoms with van der Waals surface area (Å²) in [5, 5.41) is 0. The zero-order valence-corrected chi connectivity index (χ0v) is 13.6. The smallest absolute Gasteiger partial charge is 0.248 e. The molecule has 1 N–H and O–H groups in total. The van der Waals surface area contributed by atoms with Crippen molar-refractivity contribution in [3.63, 3.8) is 0 Å². The molecule has 1 aromatic heterocycles. The number of imidazole rings is 1. The van der Waals surface area contributed by atoms with Crippen molar-refractivity contribution in [2.24, 2.45) is 5.92 Å². The summed E-state index contributed by atoms with van der Waals surface area (Å²) in [4.78, 5) is 24.3. The van der Waals surface area contributed by atoms with E-state index in [9.17, 15) is 4.79 Å². The van der Waals surface area contributed by atoms with Gasteiger partial charge in [0.1, 0.15) is 12.4 Å². The molecule has 2 atom stereocenters. The van der Waals surface area contributed by atoms with Gasteiger partial charge in [0, 0.05) is 32.0 Å². The topological polar surface area (TPSA) is 61.5 Å². The largest absolute Gasteiger partial charge is 0.365 e. The Morgan fingerprint density at radius 3 is 2.91 bits per heavy atom. The van der Waals surface area contributed by atoms with Gasteiger partial charge in [0.2, 0.25) is 5.91 Å². The highest BCUT2D eigenvalue weighted by Gasteiger charge is 2.43. The fraction of sp³-hybridized carbons (Fsp3) is 0.765. The van der Waals surface area contributed by atoms with E-state index in [-0.39, 0.29) is 24.7 Å². The molecule has 1 aromatic rings. The van der Waals surface area contributed by atoms with Crippen molar-refractivity contribution in [2.75, 3.05) is 26.2 Å². The summed E-state index contributed by atoms with van der Waals surface area (Å²) in [6.07, 6.45) is 10.4. The Morgan fingerprint density at radius 1 is 1.26 bits per heavy atom. The first-order valence-electron chi connectivity index (χ1n) is 8.91. The van der Waals surface area contributed by atoms with Gasteiger partial charge in [-0.1, -0.05) is 19.3 Å². The van der Waals surface area contributed by atoms with Crippen molar-refractivity contribution in [1.29, 1.82) is 0 Å². The highest BCUT2D eigenvalue weighted by Crippen LogP contribution is 2.29. The standard InChI is InChI=1S/C17H26N4O2/c22-17-12-23-15-10-20(11-16-18-6-7-19-16)9-14(15)21(17)8-13-4-2-1-3-5-13/h6-7,13-15H,1-5,8-12H2,(H,18,19)/t14-,15+/m1/s1. The van der Waals surface area contributed by atoms with Crippen LogP contribution in [-0.2, 0) is 16.1 Å². The number of fused-ring (bicyclic) bond motifs is 1. The molecule has 0 unspecified atom stereocenters. The Balaban J connectivity index is 1.41. The summed E-state index contributed by atoms with van der Waals surface area (Å²) in [6, 6.07) is 0.216. The Bertz CT molecular complexity index is 527. The second kappa shape index (κ2) is 6.61. The molecule has 3 fully saturated rings. The van der Waals surface area contributed by atoms with Gasteiger partial charge in [-0.25, -0.2) is 4.98 Å². The van der Waals surface area contributed by atoms with E-state index in [0.717, 1.165) is 32.0 Å². The minimum Gasteiger partial charge on any atom is -0.365 e. The number of ether oxygens (including phenoxy) is 1. The number of carbonyl (C=O) groups is 1. The average molecular weight is 318 g/mol. The molecular weight excluding hydrogens is 292 g/mol. The van der Waals surface area contributed by atoms with Gasteiger partial charge in [-0.15, -0.1) is 0 Å². The van der Waals surface area contributed by atoms with E-state index in [1.807, 2.05) is 6.20 Å². The number of morpholine rings is 1. The van der Waals surface area contributed by atoms with Crippen molar-refractivity contribution < 1.29 is 9.53 Å². The number of aromatic nitrogens is 2. The lowest BCUT2D eigenvalue weighted by molar-refractivity contribution is -0.154. The van der Waals surface area contributed by atoms with E-state index in [0.29, 0.717) is 5.92 Å². The van der Waals surface area contributed by atoms with Gasteiger partial charge in [-0.2, -0.15) is 0 Å². The SMILES string of the molecule is O=C1CO[C@H]2CN(Cc3ncc[nH]3)C[C@H]2N1CC1CCCCC1. The fourth-order valence-electron chi connectivity index (χ4n) is 4.35. The normalized spacial score (nSPS) is 29.9. The summed E-state index contributed by atoms with van der Waals surface area (Å²) in [6.45, 7) is 3.76. The van der Waals surface area contributed by atoms with Crippen molar-refractivity contribution in [3.05, 3.63) is 18.2 Å². The van der Waals surface area contributed by atoms with Gasteiger partial charge in [0.15, 0.2) is 0 Å². The lowest BCUT2D eigenvalue weighted by atomic mass is 9.88. The molecule has 23 heavy (non-hydrogen) atoms. The maximum Gasteiger partial charge on any atom is 0.248 e. The number of nitrogens with one attached hydrogen (secondary N) is 1. The molecule has 0 aromatic carbocycles. The van der Waals surface area contributed by atoms with E-state index in [4.69, 9.17) is 4.74 Å². The third kappa shape index (κ3) is 3.28. The predicted molar refractivity (Wildman–Crippen MR) is 85.7 cm³/mol. The van der Waals surface area contributed by atoms with Crippen LogP contribution in [0.1, 0.15) is 37.9 Å². The summed E-state index contributed by atoms with van der Waals surface area (Å²) < 4.78 is 5.82. The number of hydrogen-bond acceptors (Lipinski definition) is 4. The molecule has 126 valence electrons. The zero-order valence-electron chi connectivity index (χ0n) is 13.6. The summed E-state index contributed by atoms with van der Waals surface area (Å²) in [5.41, 5.74) is 0. The number of rotatable bonds is 4. The number of carbonyl (C=O) groups excluding carboxylic acids is 1. The molecule has 6 heteroatoms. The van der Waals surface area contributed by atoms with Gasteiger partial charge in [-0.3, -0.25) is 9.69 Å². The van der Waals surface area contributed by atoms with Gasteiger partial charge in [0.25, 0.3) is 0 Å². The Hall–Kier alpha value is -1.40. The second-order valence-electron chi connectivity index (χ2n) is 7.20. The summed E-state index contributed by atoms with van der Waals surface area (Å²) in [5.74, 6) is 1.84. The molecule has 0 bridgehead atoms. The van der Waals surface area contributed by atoms with Crippen LogP contribution in [0.2, 0.25) is 0 Å². The number of likely N-dealkylation sites (tertiary alicyclic amines) is 1. The number of amides is 1. The molecule has 0 spiro atoms. The van der Waals surface area contributed by atoms with E-state index in [2.05, 4.69) is 19.8 Å². The lowest BCUT2D eigenvalue weighted by Crippen LogP contribution is -2.55. The molecule has 3 heterocycles. The first-order valence-corrected chi connectivity index (χ1v) is 8.91. The van der Waals surface area contributed by atoms with Crippen LogP contribution >= 0.6 is 0 Å². The van der Waals surface area contributed by atoms with E-state index in [1.165, 1.54) is 32.1 Å². The van der Waals surface area contributed by atoms with Crippen LogP contribution in [0.5, 0.6) is 0 Å². The van der Waals surface area contributed by atoms with E-state index < -0.39 is 0 Å². The zero-order chi connectivity index (χ0) is 15.6. The van der Waals surface area contributed by atoms with Gasteiger partial charge >= 0.3 is 0 Å². The second-order valence-corrected chi connectivity index (χ2v) is 7.20. The first kappa shape index (κ1) is 15.1. The number of aromatic amines is 1.